The lowest BCUT2D eigenvalue weighted by molar-refractivity contribution is -0.139. The van der Waals surface area contributed by atoms with E-state index in [0.717, 1.165) is 11.3 Å². The molecule has 4 atom stereocenters. The number of nitrogens with zero attached hydrogens (tertiary/aromatic N) is 3. The predicted octanol–water partition coefficient (Wildman–Crippen LogP) is 2.50. The fraction of sp³-hybridized carbons (Fsp3) is 0.583. The fourth-order valence-electron chi connectivity index (χ4n) is 4.33. The number of aliphatic hydroxyl groups is 2. The van der Waals surface area contributed by atoms with Crippen molar-refractivity contribution in [3.8, 4) is 11.3 Å². The van der Waals surface area contributed by atoms with Gasteiger partial charge in [-0.05, 0) is 17.4 Å². The first-order valence-corrected chi connectivity index (χ1v) is 11.0. The molecule has 2 heterocycles. The number of likely N-dealkylation sites (tertiary alicyclic amines) is 1. The third-order valence-corrected chi connectivity index (χ3v) is 5.94. The zero-order valence-electron chi connectivity index (χ0n) is 19.4. The second-order valence-electron chi connectivity index (χ2n) is 9.94. The first-order chi connectivity index (χ1) is 14.5. The predicted molar refractivity (Wildman–Crippen MR) is 121 cm³/mol. The molecule has 0 saturated carbocycles. The van der Waals surface area contributed by atoms with E-state index in [9.17, 15) is 15.0 Å². The molecule has 0 aliphatic carbocycles. The summed E-state index contributed by atoms with van der Waals surface area (Å²) in [5.41, 5.74) is 1.58. The van der Waals surface area contributed by atoms with E-state index >= 15 is 0 Å². The summed E-state index contributed by atoms with van der Waals surface area (Å²) in [6.45, 7) is 10.3. The molecule has 31 heavy (non-hydrogen) atoms. The van der Waals surface area contributed by atoms with E-state index in [1.54, 1.807) is 11.1 Å². The highest BCUT2D eigenvalue weighted by Gasteiger charge is 2.45. The Morgan fingerprint density at radius 3 is 2.45 bits per heavy atom. The average Bonchev–Trinajstić information content (AvgIpc) is 3.27. The number of aromatic nitrogens is 2. The van der Waals surface area contributed by atoms with Crippen molar-refractivity contribution in [3.63, 3.8) is 0 Å². The highest BCUT2D eigenvalue weighted by molar-refractivity contribution is 5.83. The van der Waals surface area contributed by atoms with Crippen molar-refractivity contribution in [1.29, 1.82) is 0 Å². The van der Waals surface area contributed by atoms with E-state index in [4.69, 9.17) is 0 Å². The Bertz CT molecular complexity index is 888. The third-order valence-electron chi connectivity index (χ3n) is 5.94. The van der Waals surface area contributed by atoms with Gasteiger partial charge in [-0.2, -0.15) is 0 Å². The highest BCUT2D eigenvalue weighted by Crippen LogP contribution is 2.33. The van der Waals surface area contributed by atoms with E-state index in [1.807, 2.05) is 76.6 Å². The van der Waals surface area contributed by atoms with Gasteiger partial charge in [0.15, 0.2) is 0 Å². The Morgan fingerprint density at radius 2 is 1.87 bits per heavy atom. The van der Waals surface area contributed by atoms with Crippen molar-refractivity contribution >= 4 is 5.91 Å². The fourth-order valence-corrected chi connectivity index (χ4v) is 4.33. The molecule has 2 aromatic rings. The van der Waals surface area contributed by atoms with Gasteiger partial charge in [0, 0.05) is 19.6 Å². The molecule has 0 spiro atoms. The molecule has 0 bridgehead atoms. The van der Waals surface area contributed by atoms with Crippen LogP contribution in [0.2, 0.25) is 0 Å². The summed E-state index contributed by atoms with van der Waals surface area (Å²) in [6.07, 6.45) is 0.392. The number of hydrogen-bond donors (Lipinski definition) is 3. The minimum absolute atomic E-state index is 0.0979. The van der Waals surface area contributed by atoms with E-state index < -0.39 is 24.3 Å². The van der Waals surface area contributed by atoms with Crippen LogP contribution in [0.4, 0.5) is 0 Å². The summed E-state index contributed by atoms with van der Waals surface area (Å²) in [4.78, 5) is 19.7. The van der Waals surface area contributed by atoms with Crippen molar-refractivity contribution in [2.45, 2.75) is 71.4 Å². The van der Waals surface area contributed by atoms with E-state index in [2.05, 4.69) is 10.3 Å². The molecule has 3 N–H and O–H groups in total. The molecule has 1 aromatic heterocycles. The summed E-state index contributed by atoms with van der Waals surface area (Å²) < 4.78 is 1.86. The monoisotopic (exact) mass is 428 g/mol. The molecule has 0 radical (unpaired) electrons. The van der Waals surface area contributed by atoms with Crippen LogP contribution in [0.5, 0.6) is 0 Å². The third kappa shape index (κ3) is 5.00. The van der Waals surface area contributed by atoms with Crippen LogP contribution in [0.15, 0.2) is 36.5 Å². The molecule has 7 nitrogen and oxygen atoms in total. The quantitative estimate of drug-likeness (QED) is 0.658. The number of amides is 1. The van der Waals surface area contributed by atoms with Gasteiger partial charge in [0.25, 0.3) is 0 Å². The molecule has 3 rings (SSSR count). The molecule has 1 aromatic carbocycles. The molecular weight excluding hydrogens is 392 g/mol. The van der Waals surface area contributed by atoms with Crippen LogP contribution in [0.1, 0.15) is 53.0 Å². The van der Waals surface area contributed by atoms with Crippen molar-refractivity contribution < 1.29 is 15.0 Å². The zero-order chi connectivity index (χ0) is 22.9. The summed E-state index contributed by atoms with van der Waals surface area (Å²) in [6, 6.07) is 9.03. The van der Waals surface area contributed by atoms with Gasteiger partial charge in [-0.1, -0.05) is 65.0 Å². The average molecular weight is 429 g/mol. The lowest BCUT2D eigenvalue weighted by atomic mass is 9.85. The maximum atomic E-state index is 13.5. The Kier molecular flexibility index (Phi) is 6.88. The Morgan fingerprint density at radius 1 is 1.23 bits per heavy atom. The maximum Gasteiger partial charge on any atom is 0.240 e. The van der Waals surface area contributed by atoms with Crippen LogP contribution in [-0.2, 0) is 11.8 Å². The molecule has 1 aliphatic rings. The zero-order valence-corrected chi connectivity index (χ0v) is 19.4. The van der Waals surface area contributed by atoms with Crippen molar-refractivity contribution in [1.82, 2.24) is 19.8 Å². The second-order valence-corrected chi connectivity index (χ2v) is 9.94. The van der Waals surface area contributed by atoms with Gasteiger partial charge in [-0.15, -0.1) is 0 Å². The van der Waals surface area contributed by atoms with Crippen molar-refractivity contribution in [2.24, 2.45) is 12.5 Å². The van der Waals surface area contributed by atoms with Crippen LogP contribution < -0.4 is 5.32 Å². The van der Waals surface area contributed by atoms with Crippen LogP contribution in [0, 0.1) is 5.41 Å². The van der Waals surface area contributed by atoms with Crippen LogP contribution >= 0.6 is 0 Å². The normalized spacial score (nSPS) is 21.5. The number of imidazole rings is 1. The molecule has 1 fully saturated rings. The van der Waals surface area contributed by atoms with Crippen molar-refractivity contribution in [3.05, 3.63) is 42.4 Å². The molecule has 170 valence electrons. The first kappa shape index (κ1) is 23.4. The molecular formula is C24H36N4O3. The molecule has 1 aliphatic heterocycles. The van der Waals surface area contributed by atoms with E-state index in [-0.39, 0.29) is 23.9 Å². The minimum Gasteiger partial charge on any atom is -0.391 e. The summed E-state index contributed by atoms with van der Waals surface area (Å²) in [5.74, 6) is 0.388. The number of nitrogens with one attached hydrogen (secondary N) is 1. The molecule has 1 amide bonds. The number of rotatable bonds is 6. The first-order valence-electron chi connectivity index (χ1n) is 11.0. The minimum atomic E-state index is -0.997. The maximum absolute atomic E-state index is 13.5. The van der Waals surface area contributed by atoms with Gasteiger partial charge in [-0.3, -0.25) is 4.79 Å². The van der Waals surface area contributed by atoms with Gasteiger partial charge in [0.1, 0.15) is 11.9 Å². The van der Waals surface area contributed by atoms with E-state index in [1.165, 1.54) is 0 Å². The second kappa shape index (κ2) is 9.10. The molecule has 1 saturated heterocycles. The number of carbonyl (C=O) groups excluding carboxylic acids is 1. The van der Waals surface area contributed by atoms with Crippen LogP contribution in [0.25, 0.3) is 11.3 Å². The number of benzene rings is 1. The standard InChI is InChI=1S/C24H36N4O3/c1-15(2)26-21(24(3,4)5)23(31)28-14-17(29)12-18(28)20(30)22-25-13-19(27(22)6)16-10-8-7-9-11-16/h7-11,13,15,17-18,20-21,26,29-30H,12,14H2,1-6H3/t17-,18+,20?,21-/m1/s1. The number of hydrogen-bond acceptors (Lipinski definition) is 5. The smallest absolute Gasteiger partial charge is 0.240 e. The largest absolute Gasteiger partial charge is 0.391 e. The van der Waals surface area contributed by atoms with Gasteiger partial charge in [-0.25, -0.2) is 4.98 Å². The molecule has 1 unspecified atom stereocenters. The highest BCUT2D eigenvalue weighted by atomic mass is 16.3. The SMILES string of the molecule is CC(C)N[C@H](C(=O)N1C[C@H](O)C[C@H]1C(O)c1ncc(-c2ccccc2)n1C)C(C)(C)C. The van der Waals surface area contributed by atoms with E-state index in [0.29, 0.717) is 12.2 Å². The number of carbonyl (C=O) groups is 1. The number of β-amino-alcohol motifs (C(OH)–C–C–N with tert-alkyl or cyclic N) is 1. The Hall–Kier alpha value is -2.22. The van der Waals surface area contributed by atoms with Crippen LogP contribution in [0.3, 0.4) is 0 Å². The lowest BCUT2D eigenvalue weighted by Gasteiger charge is -2.37. The topological polar surface area (TPSA) is 90.6 Å². The summed E-state index contributed by atoms with van der Waals surface area (Å²) in [7, 11) is 1.86. The van der Waals surface area contributed by atoms with Gasteiger partial charge in [0.2, 0.25) is 5.91 Å². The van der Waals surface area contributed by atoms with Gasteiger partial charge in [0.05, 0.1) is 30.1 Å². The van der Waals surface area contributed by atoms with Crippen molar-refractivity contribution in [2.75, 3.05) is 6.54 Å². The Labute approximate surface area is 185 Å². The number of aliphatic hydroxyl groups excluding tert-OH is 2. The lowest BCUT2D eigenvalue weighted by Crippen LogP contribution is -2.56. The summed E-state index contributed by atoms with van der Waals surface area (Å²) >= 11 is 0. The summed E-state index contributed by atoms with van der Waals surface area (Å²) in [5, 5.41) is 25.0. The molecule has 7 heteroatoms. The van der Waals surface area contributed by atoms with Gasteiger partial charge >= 0.3 is 0 Å². The van der Waals surface area contributed by atoms with Gasteiger partial charge < -0.3 is 25.0 Å². The Balaban J connectivity index is 1.89. The van der Waals surface area contributed by atoms with Crippen LogP contribution in [-0.4, -0.2) is 61.3 Å².